The molecule has 1 aromatic heterocycles. The summed E-state index contributed by atoms with van der Waals surface area (Å²) < 4.78 is 1.45. The van der Waals surface area contributed by atoms with Crippen LogP contribution in [0.5, 0.6) is 0 Å². The molecule has 3 aromatic rings. The molecule has 1 amide bonds. The molecule has 0 bridgehead atoms. The number of anilines is 1. The predicted molar refractivity (Wildman–Crippen MR) is 136 cm³/mol. The van der Waals surface area contributed by atoms with Crippen molar-refractivity contribution >= 4 is 34.1 Å². The van der Waals surface area contributed by atoms with Gasteiger partial charge in [-0.15, -0.1) is 0 Å². The molecule has 0 aliphatic carbocycles. The second kappa shape index (κ2) is 9.14. The second-order valence-electron chi connectivity index (χ2n) is 9.15. The van der Waals surface area contributed by atoms with Crippen molar-refractivity contribution in [3.8, 4) is 11.4 Å². The quantitative estimate of drug-likeness (QED) is 0.607. The molecule has 1 fully saturated rings. The summed E-state index contributed by atoms with van der Waals surface area (Å²) in [6.45, 7) is 7.49. The Morgan fingerprint density at radius 3 is 2.74 bits per heavy atom. The van der Waals surface area contributed by atoms with Crippen LogP contribution in [0.15, 0.2) is 59.0 Å². The highest BCUT2D eigenvalue weighted by Gasteiger charge is 2.24. The largest absolute Gasteiger partial charge is 0.372 e. The molecule has 0 radical (unpaired) electrons. The standard InChI is InChI=1S/C26H28ClN5O2/c1-17(2)28-24(33)16-32-25(18-5-3-6-19(27)13-18)29-23-9-8-20(14-22(23)26(32)34)31-12-11-30-10-4-7-21(30)15-31/h3,5-9,13-14,17H,4,10-12,15-16H2,1-2H3,(H,28,33). The molecule has 7 nitrogen and oxygen atoms in total. The van der Waals surface area contributed by atoms with Crippen molar-refractivity contribution in [3.05, 3.63) is 69.6 Å². The van der Waals surface area contributed by atoms with E-state index >= 15 is 0 Å². The van der Waals surface area contributed by atoms with Crippen LogP contribution >= 0.6 is 11.6 Å². The van der Waals surface area contributed by atoms with Gasteiger partial charge in [0.2, 0.25) is 5.91 Å². The molecule has 0 atom stereocenters. The van der Waals surface area contributed by atoms with Crippen LogP contribution in [0.1, 0.15) is 20.3 Å². The van der Waals surface area contributed by atoms with E-state index in [1.807, 2.05) is 44.2 Å². The van der Waals surface area contributed by atoms with Crippen molar-refractivity contribution in [2.45, 2.75) is 32.9 Å². The Hall–Kier alpha value is -3.32. The Morgan fingerprint density at radius 2 is 1.94 bits per heavy atom. The van der Waals surface area contributed by atoms with Gasteiger partial charge in [-0.05, 0) is 50.6 Å². The summed E-state index contributed by atoms with van der Waals surface area (Å²) in [5.74, 6) is 0.193. The van der Waals surface area contributed by atoms with Gasteiger partial charge < -0.3 is 15.1 Å². The zero-order valence-corrected chi connectivity index (χ0v) is 20.2. The zero-order chi connectivity index (χ0) is 23.8. The molecule has 176 valence electrons. The van der Waals surface area contributed by atoms with E-state index in [1.165, 1.54) is 10.3 Å². The Kier molecular flexibility index (Phi) is 6.04. The number of nitrogens with zero attached hydrogens (tertiary/aromatic N) is 4. The second-order valence-corrected chi connectivity index (χ2v) is 9.59. The molecular weight excluding hydrogens is 450 g/mol. The van der Waals surface area contributed by atoms with Crippen LogP contribution in [-0.2, 0) is 11.3 Å². The van der Waals surface area contributed by atoms with E-state index in [9.17, 15) is 9.59 Å². The number of aromatic nitrogens is 2. The molecule has 0 unspecified atom stereocenters. The van der Waals surface area contributed by atoms with Gasteiger partial charge in [0.15, 0.2) is 0 Å². The number of amides is 1. The van der Waals surface area contributed by atoms with E-state index in [1.54, 1.807) is 12.1 Å². The van der Waals surface area contributed by atoms with Crippen molar-refractivity contribution in [1.29, 1.82) is 0 Å². The molecule has 0 spiro atoms. The zero-order valence-electron chi connectivity index (χ0n) is 19.4. The van der Waals surface area contributed by atoms with Crippen LogP contribution < -0.4 is 15.8 Å². The van der Waals surface area contributed by atoms with Gasteiger partial charge >= 0.3 is 0 Å². The molecule has 1 N–H and O–H groups in total. The summed E-state index contributed by atoms with van der Waals surface area (Å²) in [6.07, 6.45) is 3.40. The van der Waals surface area contributed by atoms with Crippen molar-refractivity contribution < 1.29 is 4.79 Å². The number of hydrogen-bond donors (Lipinski definition) is 1. The topological polar surface area (TPSA) is 70.5 Å². The van der Waals surface area contributed by atoms with Crippen LogP contribution in [0, 0.1) is 0 Å². The Labute approximate surface area is 203 Å². The molecule has 2 aliphatic rings. The lowest BCUT2D eigenvalue weighted by Crippen LogP contribution is -2.43. The first-order valence-electron chi connectivity index (χ1n) is 11.7. The minimum atomic E-state index is -0.237. The molecule has 3 heterocycles. The monoisotopic (exact) mass is 477 g/mol. The molecule has 2 aromatic carbocycles. The average Bonchev–Trinajstić information content (AvgIpc) is 3.28. The highest BCUT2D eigenvalue weighted by Crippen LogP contribution is 2.28. The van der Waals surface area contributed by atoms with Crippen LogP contribution in [-0.4, -0.2) is 52.6 Å². The lowest BCUT2D eigenvalue weighted by Gasteiger charge is -2.37. The van der Waals surface area contributed by atoms with Crippen molar-refractivity contribution in [2.75, 3.05) is 31.1 Å². The van der Waals surface area contributed by atoms with Gasteiger partial charge in [0, 0.05) is 47.6 Å². The highest BCUT2D eigenvalue weighted by atomic mass is 35.5. The first-order chi connectivity index (χ1) is 16.4. The van der Waals surface area contributed by atoms with Gasteiger partial charge in [-0.1, -0.05) is 29.8 Å². The number of piperazine rings is 1. The minimum absolute atomic E-state index is 0.0265. The molecule has 2 aliphatic heterocycles. The number of halogens is 1. The number of carbonyl (C=O) groups is 1. The molecule has 34 heavy (non-hydrogen) atoms. The Balaban J connectivity index is 1.59. The van der Waals surface area contributed by atoms with Crippen LogP contribution in [0.2, 0.25) is 5.02 Å². The fourth-order valence-electron chi connectivity index (χ4n) is 4.73. The number of nitrogens with one attached hydrogen (secondary N) is 1. The first-order valence-corrected chi connectivity index (χ1v) is 12.1. The summed E-state index contributed by atoms with van der Waals surface area (Å²) >= 11 is 6.22. The van der Waals surface area contributed by atoms with E-state index in [2.05, 4.69) is 21.2 Å². The predicted octanol–water partition coefficient (Wildman–Crippen LogP) is 3.65. The van der Waals surface area contributed by atoms with Gasteiger partial charge in [0.1, 0.15) is 12.4 Å². The smallest absolute Gasteiger partial charge is 0.262 e. The van der Waals surface area contributed by atoms with Gasteiger partial charge in [-0.2, -0.15) is 0 Å². The average molecular weight is 478 g/mol. The Bertz CT molecular complexity index is 1350. The summed E-state index contributed by atoms with van der Waals surface area (Å²) in [7, 11) is 0. The van der Waals surface area contributed by atoms with Crippen molar-refractivity contribution in [3.63, 3.8) is 0 Å². The summed E-state index contributed by atoms with van der Waals surface area (Å²) in [5.41, 5.74) is 3.40. The molecule has 8 heteroatoms. The van der Waals surface area contributed by atoms with Gasteiger partial charge in [0.25, 0.3) is 5.56 Å². The maximum Gasteiger partial charge on any atom is 0.262 e. The molecular formula is C26H28ClN5O2. The minimum Gasteiger partial charge on any atom is -0.372 e. The van der Waals surface area contributed by atoms with Crippen molar-refractivity contribution in [2.24, 2.45) is 0 Å². The fraction of sp³-hybridized carbons (Fsp3) is 0.346. The number of hydrogen-bond acceptors (Lipinski definition) is 5. The first kappa shape index (κ1) is 22.5. The summed E-state index contributed by atoms with van der Waals surface area (Å²) in [6, 6.07) is 13.0. The van der Waals surface area contributed by atoms with Crippen LogP contribution in [0.4, 0.5) is 5.69 Å². The van der Waals surface area contributed by atoms with Gasteiger partial charge in [0.05, 0.1) is 17.4 Å². The maximum absolute atomic E-state index is 13.7. The number of benzene rings is 2. The third kappa shape index (κ3) is 4.40. The van der Waals surface area contributed by atoms with Gasteiger partial charge in [-0.25, -0.2) is 4.98 Å². The van der Waals surface area contributed by atoms with E-state index in [0.717, 1.165) is 38.3 Å². The normalized spacial score (nSPS) is 15.6. The third-order valence-electron chi connectivity index (χ3n) is 6.31. The lowest BCUT2D eigenvalue weighted by molar-refractivity contribution is -0.122. The Morgan fingerprint density at radius 1 is 1.12 bits per heavy atom. The van der Waals surface area contributed by atoms with E-state index < -0.39 is 0 Å². The van der Waals surface area contributed by atoms with Crippen LogP contribution in [0.25, 0.3) is 22.3 Å². The van der Waals surface area contributed by atoms with Gasteiger partial charge in [-0.3, -0.25) is 14.2 Å². The highest BCUT2D eigenvalue weighted by molar-refractivity contribution is 6.30. The molecule has 0 saturated carbocycles. The maximum atomic E-state index is 13.7. The molecule has 5 rings (SSSR count). The van der Waals surface area contributed by atoms with E-state index in [-0.39, 0.29) is 24.1 Å². The van der Waals surface area contributed by atoms with Crippen LogP contribution in [0.3, 0.4) is 0 Å². The lowest BCUT2D eigenvalue weighted by atomic mass is 10.1. The molecule has 1 saturated heterocycles. The third-order valence-corrected chi connectivity index (χ3v) is 6.55. The summed E-state index contributed by atoms with van der Waals surface area (Å²) in [4.78, 5) is 35.9. The number of fused-ring (bicyclic) bond motifs is 2. The van der Waals surface area contributed by atoms with E-state index in [4.69, 9.17) is 16.6 Å². The number of carbonyl (C=O) groups excluding carboxylic acids is 1. The SMILES string of the molecule is CC(C)NC(=O)Cn1c(-c2cccc(Cl)c2)nc2ccc(N3CCN4CCC=C4C3)cc2c1=O. The van der Waals surface area contributed by atoms with E-state index in [0.29, 0.717) is 27.3 Å². The summed E-state index contributed by atoms with van der Waals surface area (Å²) in [5, 5.41) is 3.91. The number of rotatable bonds is 5. The van der Waals surface area contributed by atoms with Crippen molar-refractivity contribution in [1.82, 2.24) is 19.8 Å². The fourth-order valence-corrected chi connectivity index (χ4v) is 4.92.